The molecule has 0 unspecified atom stereocenters. The highest BCUT2D eigenvalue weighted by Gasteiger charge is 2.28. The van der Waals surface area contributed by atoms with Gasteiger partial charge < -0.3 is 0 Å². The Hall–Kier alpha value is 0.170. The van der Waals surface area contributed by atoms with E-state index in [1.165, 1.54) is 18.4 Å². The van der Waals surface area contributed by atoms with Crippen molar-refractivity contribution in [1.82, 2.24) is 9.78 Å². The van der Waals surface area contributed by atoms with E-state index in [4.69, 9.17) is 0 Å². The summed E-state index contributed by atoms with van der Waals surface area (Å²) < 4.78 is 1.88. The third-order valence-electron chi connectivity index (χ3n) is 3.11. The lowest BCUT2D eigenvalue weighted by Gasteiger charge is -2.31. The maximum atomic E-state index is 4.22. The fourth-order valence-corrected chi connectivity index (χ4v) is 4.20. The first kappa shape index (κ1) is 15.2. The molecular weight excluding hydrogens is 344 g/mol. The van der Waals surface area contributed by atoms with Gasteiger partial charge in [-0.15, -0.1) is 0 Å². The lowest BCUT2D eigenvalue weighted by atomic mass is 9.79. The molecule has 0 aliphatic carbocycles. The zero-order chi connectivity index (χ0) is 12.9. The average molecular weight is 366 g/mol. The van der Waals surface area contributed by atoms with Gasteiger partial charge in [0.25, 0.3) is 0 Å². The highest BCUT2D eigenvalue weighted by molar-refractivity contribution is 9.09. The molecule has 0 bridgehead atoms. The molecule has 2 nitrogen and oxygen atoms in total. The fourth-order valence-electron chi connectivity index (χ4n) is 2.26. The van der Waals surface area contributed by atoms with Crippen molar-refractivity contribution in [2.75, 3.05) is 10.7 Å². The van der Waals surface area contributed by atoms with E-state index in [0.717, 1.165) is 23.0 Å². The van der Waals surface area contributed by atoms with Crippen LogP contribution in [0.15, 0.2) is 12.4 Å². The number of rotatable bonds is 7. The molecule has 1 heterocycles. The Kier molecular flexibility index (Phi) is 6.21. The van der Waals surface area contributed by atoms with Crippen molar-refractivity contribution in [1.29, 1.82) is 0 Å². The smallest absolute Gasteiger partial charge is 0.0521 e. The molecule has 0 aliphatic rings. The third-order valence-corrected chi connectivity index (χ3v) is 5.49. The summed E-state index contributed by atoms with van der Waals surface area (Å²) in [5.74, 6) is 0.735. The van der Waals surface area contributed by atoms with Crippen LogP contribution in [0.3, 0.4) is 0 Å². The Morgan fingerprint density at radius 2 is 2.00 bits per heavy atom. The monoisotopic (exact) mass is 364 g/mol. The van der Waals surface area contributed by atoms with Crippen molar-refractivity contribution in [3.8, 4) is 0 Å². The van der Waals surface area contributed by atoms with E-state index < -0.39 is 0 Å². The van der Waals surface area contributed by atoms with Gasteiger partial charge in [0.05, 0.1) is 6.20 Å². The minimum absolute atomic E-state index is 0.365. The highest BCUT2D eigenvalue weighted by Crippen LogP contribution is 2.35. The zero-order valence-electron chi connectivity index (χ0n) is 10.9. The molecule has 0 radical (unpaired) electrons. The van der Waals surface area contributed by atoms with Crippen molar-refractivity contribution < 1.29 is 0 Å². The Morgan fingerprint density at radius 1 is 1.35 bits per heavy atom. The van der Waals surface area contributed by atoms with E-state index in [2.05, 4.69) is 57.0 Å². The topological polar surface area (TPSA) is 17.8 Å². The van der Waals surface area contributed by atoms with Crippen LogP contribution < -0.4 is 0 Å². The lowest BCUT2D eigenvalue weighted by molar-refractivity contribution is 0.284. The van der Waals surface area contributed by atoms with Crippen LogP contribution in [0, 0.1) is 11.3 Å². The summed E-state index contributed by atoms with van der Waals surface area (Å²) in [6.45, 7) is 4.59. The van der Waals surface area contributed by atoms with Crippen molar-refractivity contribution in [3.05, 3.63) is 18.0 Å². The number of alkyl halides is 2. The van der Waals surface area contributed by atoms with Crippen molar-refractivity contribution >= 4 is 31.9 Å². The van der Waals surface area contributed by atoms with Gasteiger partial charge >= 0.3 is 0 Å². The fraction of sp³-hybridized carbons (Fsp3) is 0.769. The first-order chi connectivity index (χ1) is 8.01. The molecule has 1 rings (SSSR count). The molecule has 4 heteroatoms. The third kappa shape index (κ3) is 4.74. The van der Waals surface area contributed by atoms with Crippen molar-refractivity contribution in [2.45, 2.75) is 33.1 Å². The second-order valence-electron chi connectivity index (χ2n) is 5.39. The molecule has 0 saturated heterocycles. The largest absolute Gasteiger partial charge is 0.276 e. The predicted octanol–water partition coefficient (Wildman–Crippen LogP) is 4.18. The molecule has 98 valence electrons. The molecule has 0 spiro atoms. The SMILES string of the molecule is CC(C)CC(CBr)(CBr)CCc1cnn(C)c1. The quantitative estimate of drug-likeness (QED) is 0.663. The van der Waals surface area contributed by atoms with Gasteiger partial charge in [-0.2, -0.15) is 5.10 Å². The molecule has 0 aromatic carbocycles. The molecule has 1 aromatic rings. The van der Waals surface area contributed by atoms with Gasteiger partial charge in [0.15, 0.2) is 0 Å². The standard InChI is InChI=1S/C13H22Br2N2/c1-11(2)6-13(9-14,10-15)5-4-12-7-16-17(3)8-12/h7-8,11H,4-6,9-10H2,1-3H3. The number of nitrogens with zero attached hydrogens (tertiary/aromatic N) is 2. The number of aryl methyl sites for hydroxylation is 2. The summed E-state index contributed by atoms with van der Waals surface area (Å²) in [5, 5.41) is 6.34. The lowest BCUT2D eigenvalue weighted by Crippen LogP contribution is -2.27. The van der Waals surface area contributed by atoms with Crippen LogP contribution in [-0.2, 0) is 13.5 Å². The Bertz CT molecular complexity index is 330. The number of halogens is 2. The number of hydrogen-bond acceptors (Lipinski definition) is 1. The number of aromatic nitrogens is 2. The van der Waals surface area contributed by atoms with Gasteiger partial charge in [0.2, 0.25) is 0 Å². The van der Waals surface area contributed by atoms with Crippen molar-refractivity contribution in [2.24, 2.45) is 18.4 Å². The summed E-state index contributed by atoms with van der Waals surface area (Å²) in [6.07, 6.45) is 7.65. The van der Waals surface area contributed by atoms with Crippen molar-refractivity contribution in [3.63, 3.8) is 0 Å². The molecule has 0 aliphatic heterocycles. The summed E-state index contributed by atoms with van der Waals surface area (Å²) in [6, 6.07) is 0. The minimum atomic E-state index is 0.365. The molecule has 1 aromatic heterocycles. The van der Waals surface area contributed by atoms with Gasteiger partial charge in [0, 0.05) is 23.9 Å². The molecule has 0 amide bonds. The minimum Gasteiger partial charge on any atom is -0.276 e. The van der Waals surface area contributed by atoms with E-state index in [1.807, 2.05) is 17.9 Å². The Labute approximate surface area is 121 Å². The van der Waals surface area contributed by atoms with Crippen LogP contribution >= 0.6 is 31.9 Å². The molecule has 0 N–H and O–H groups in total. The van der Waals surface area contributed by atoms with Crippen LogP contribution in [0.4, 0.5) is 0 Å². The van der Waals surface area contributed by atoms with E-state index in [1.54, 1.807) is 0 Å². The first-order valence-corrected chi connectivity index (χ1v) is 8.35. The van der Waals surface area contributed by atoms with Gasteiger partial charge in [-0.3, -0.25) is 4.68 Å². The van der Waals surface area contributed by atoms with Gasteiger partial charge in [-0.1, -0.05) is 45.7 Å². The summed E-state index contributed by atoms with van der Waals surface area (Å²) >= 11 is 7.38. The molecule has 0 fully saturated rings. The van der Waals surface area contributed by atoms with E-state index in [0.29, 0.717) is 5.41 Å². The Balaban J connectivity index is 2.60. The van der Waals surface area contributed by atoms with Crippen LogP contribution in [-0.4, -0.2) is 20.4 Å². The van der Waals surface area contributed by atoms with Crippen LogP contribution in [0.1, 0.15) is 32.3 Å². The zero-order valence-corrected chi connectivity index (χ0v) is 14.1. The van der Waals surface area contributed by atoms with Gasteiger partial charge in [0.1, 0.15) is 0 Å². The molecule has 0 atom stereocenters. The number of hydrogen-bond donors (Lipinski definition) is 0. The van der Waals surface area contributed by atoms with E-state index in [-0.39, 0.29) is 0 Å². The second-order valence-corrected chi connectivity index (χ2v) is 6.51. The average Bonchev–Trinajstić information content (AvgIpc) is 2.70. The molecular formula is C13H22Br2N2. The summed E-state index contributed by atoms with van der Waals surface area (Å²) in [7, 11) is 1.97. The maximum Gasteiger partial charge on any atom is 0.0521 e. The maximum absolute atomic E-state index is 4.22. The molecule has 0 saturated carbocycles. The first-order valence-electron chi connectivity index (χ1n) is 6.11. The molecule has 17 heavy (non-hydrogen) atoms. The highest BCUT2D eigenvalue weighted by atomic mass is 79.9. The van der Waals surface area contributed by atoms with Crippen LogP contribution in [0.5, 0.6) is 0 Å². The van der Waals surface area contributed by atoms with Gasteiger partial charge in [-0.25, -0.2) is 0 Å². The van der Waals surface area contributed by atoms with E-state index >= 15 is 0 Å². The predicted molar refractivity (Wildman–Crippen MR) is 81.0 cm³/mol. The summed E-state index contributed by atoms with van der Waals surface area (Å²) in [4.78, 5) is 0. The summed E-state index contributed by atoms with van der Waals surface area (Å²) in [5.41, 5.74) is 1.70. The van der Waals surface area contributed by atoms with Gasteiger partial charge in [-0.05, 0) is 36.2 Å². The Morgan fingerprint density at radius 3 is 2.41 bits per heavy atom. The second kappa shape index (κ2) is 6.93. The normalized spacial score (nSPS) is 12.4. The van der Waals surface area contributed by atoms with Crippen LogP contribution in [0.25, 0.3) is 0 Å². The van der Waals surface area contributed by atoms with E-state index in [9.17, 15) is 0 Å². The van der Waals surface area contributed by atoms with Crippen LogP contribution in [0.2, 0.25) is 0 Å².